The maximum absolute atomic E-state index is 13.2. The first-order valence-corrected chi connectivity index (χ1v) is 8.09. The van der Waals surface area contributed by atoms with Gasteiger partial charge in [-0.15, -0.1) is 0 Å². The van der Waals surface area contributed by atoms with Crippen LogP contribution in [0.15, 0.2) is 60.8 Å². The van der Waals surface area contributed by atoms with E-state index in [0.717, 1.165) is 12.1 Å². The third kappa shape index (κ3) is 4.65. The standard InChI is InChI=1S/C19H12ClF2N3O2/c20-12-2-1-3-13(9-12)25-19(27)17-8-11(6-7-23-17)18(26)24-14-4-5-15(21)16(22)10-14/h1-10H,(H,24,26)(H,25,27). The molecule has 0 aliphatic rings. The molecule has 3 aromatic rings. The van der Waals surface area contributed by atoms with Crippen LogP contribution in [0.1, 0.15) is 20.8 Å². The Balaban J connectivity index is 1.75. The summed E-state index contributed by atoms with van der Waals surface area (Å²) in [6, 6.07) is 12.2. The molecule has 0 saturated carbocycles. The Hall–Kier alpha value is -3.32. The van der Waals surface area contributed by atoms with Gasteiger partial charge in [-0.05, 0) is 42.5 Å². The van der Waals surface area contributed by atoms with Crippen LogP contribution in [0, 0.1) is 11.6 Å². The second-order valence-corrected chi connectivity index (χ2v) is 5.91. The number of aromatic nitrogens is 1. The minimum atomic E-state index is -1.08. The highest BCUT2D eigenvalue weighted by molar-refractivity contribution is 6.31. The Morgan fingerprint density at radius 2 is 1.59 bits per heavy atom. The molecule has 2 N–H and O–H groups in total. The van der Waals surface area contributed by atoms with Crippen LogP contribution in [0.2, 0.25) is 5.02 Å². The van der Waals surface area contributed by atoms with E-state index in [1.807, 2.05) is 0 Å². The molecule has 136 valence electrons. The van der Waals surface area contributed by atoms with E-state index in [2.05, 4.69) is 15.6 Å². The summed E-state index contributed by atoms with van der Waals surface area (Å²) in [5.74, 6) is -3.22. The zero-order chi connectivity index (χ0) is 19.4. The maximum Gasteiger partial charge on any atom is 0.274 e. The highest BCUT2D eigenvalue weighted by atomic mass is 35.5. The minimum Gasteiger partial charge on any atom is -0.322 e. The largest absolute Gasteiger partial charge is 0.322 e. The van der Waals surface area contributed by atoms with Crippen LogP contribution in [-0.2, 0) is 0 Å². The van der Waals surface area contributed by atoms with Crippen molar-refractivity contribution in [2.45, 2.75) is 0 Å². The number of carbonyl (C=O) groups excluding carboxylic acids is 2. The molecule has 0 radical (unpaired) electrons. The first-order chi connectivity index (χ1) is 12.9. The van der Waals surface area contributed by atoms with Crippen molar-refractivity contribution in [1.82, 2.24) is 4.98 Å². The Kier molecular flexibility index (Phi) is 5.42. The number of hydrogen-bond acceptors (Lipinski definition) is 3. The molecule has 0 saturated heterocycles. The molecular weight excluding hydrogens is 376 g/mol. The molecule has 3 rings (SSSR count). The van der Waals surface area contributed by atoms with Gasteiger partial charge in [0.2, 0.25) is 0 Å². The van der Waals surface area contributed by atoms with E-state index in [1.165, 1.54) is 24.4 Å². The molecule has 0 spiro atoms. The van der Waals surface area contributed by atoms with Gasteiger partial charge in [-0.25, -0.2) is 8.78 Å². The molecular formula is C19H12ClF2N3O2. The van der Waals surface area contributed by atoms with Gasteiger partial charge < -0.3 is 10.6 Å². The summed E-state index contributed by atoms with van der Waals surface area (Å²) in [6.45, 7) is 0. The van der Waals surface area contributed by atoms with Crippen molar-refractivity contribution in [2.24, 2.45) is 0 Å². The lowest BCUT2D eigenvalue weighted by Gasteiger charge is -2.08. The van der Waals surface area contributed by atoms with Crippen molar-refractivity contribution < 1.29 is 18.4 Å². The van der Waals surface area contributed by atoms with Crippen LogP contribution in [0.25, 0.3) is 0 Å². The number of pyridine rings is 1. The Bertz CT molecular complexity index is 1030. The average molecular weight is 388 g/mol. The van der Waals surface area contributed by atoms with Crippen molar-refractivity contribution in [3.8, 4) is 0 Å². The summed E-state index contributed by atoms with van der Waals surface area (Å²) >= 11 is 5.87. The number of hydrogen-bond donors (Lipinski definition) is 2. The van der Waals surface area contributed by atoms with Crippen LogP contribution in [-0.4, -0.2) is 16.8 Å². The number of anilines is 2. The fraction of sp³-hybridized carbons (Fsp3) is 0. The molecule has 5 nitrogen and oxygen atoms in total. The van der Waals surface area contributed by atoms with Gasteiger partial charge in [0.25, 0.3) is 11.8 Å². The predicted molar refractivity (Wildman–Crippen MR) is 98.0 cm³/mol. The fourth-order valence-corrected chi connectivity index (χ4v) is 2.42. The minimum absolute atomic E-state index is 0.00733. The number of nitrogens with one attached hydrogen (secondary N) is 2. The van der Waals surface area contributed by atoms with Crippen LogP contribution >= 0.6 is 11.6 Å². The first-order valence-electron chi connectivity index (χ1n) is 7.72. The number of carbonyl (C=O) groups is 2. The van der Waals surface area contributed by atoms with Gasteiger partial charge in [0.15, 0.2) is 11.6 Å². The number of amides is 2. The highest BCUT2D eigenvalue weighted by Crippen LogP contribution is 2.17. The van der Waals surface area contributed by atoms with Gasteiger partial charge in [0.1, 0.15) is 5.69 Å². The van der Waals surface area contributed by atoms with Gasteiger partial charge in [-0.1, -0.05) is 17.7 Å². The van der Waals surface area contributed by atoms with Crippen molar-refractivity contribution in [3.63, 3.8) is 0 Å². The van der Waals surface area contributed by atoms with E-state index in [0.29, 0.717) is 10.7 Å². The smallest absolute Gasteiger partial charge is 0.274 e. The van der Waals surface area contributed by atoms with Gasteiger partial charge in [0, 0.05) is 34.2 Å². The number of halogens is 3. The van der Waals surface area contributed by atoms with Crippen molar-refractivity contribution in [1.29, 1.82) is 0 Å². The summed E-state index contributed by atoms with van der Waals surface area (Å²) in [5.41, 5.74) is 0.700. The molecule has 0 fully saturated rings. The number of benzene rings is 2. The first kappa shape index (κ1) is 18.5. The monoisotopic (exact) mass is 387 g/mol. The third-order valence-corrected chi connectivity index (χ3v) is 3.75. The second kappa shape index (κ2) is 7.92. The lowest BCUT2D eigenvalue weighted by Crippen LogP contribution is -2.17. The van der Waals surface area contributed by atoms with Gasteiger partial charge in [-0.2, -0.15) is 0 Å². The molecule has 1 heterocycles. The van der Waals surface area contributed by atoms with E-state index in [9.17, 15) is 18.4 Å². The summed E-state index contributed by atoms with van der Waals surface area (Å²) in [6.07, 6.45) is 1.30. The molecule has 2 aromatic carbocycles. The van der Waals surface area contributed by atoms with Gasteiger partial charge in [-0.3, -0.25) is 14.6 Å². The third-order valence-electron chi connectivity index (χ3n) is 3.51. The van der Waals surface area contributed by atoms with Crippen molar-refractivity contribution in [3.05, 3.63) is 88.7 Å². The van der Waals surface area contributed by atoms with E-state index in [4.69, 9.17) is 11.6 Å². The van der Waals surface area contributed by atoms with Crippen molar-refractivity contribution >= 4 is 34.8 Å². The molecule has 0 atom stereocenters. The summed E-state index contributed by atoms with van der Waals surface area (Å²) in [7, 11) is 0. The molecule has 1 aromatic heterocycles. The van der Waals surface area contributed by atoms with Crippen molar-refractivity contribution in [2.75, 3.05) is 10.6 Å². The summed E-state index contributed by atoms with van der Waals surface area (Å²) in [4.78, 5) is 28.5. The van der Waals surface area contributed by atoms with E-state index < -0.39 is 23.4 Å². The van der Waals surface area contributed by atoms with Gasteiger partial charge >= 0.3 is 0 Å². The van der Waals surface area contributed by atoms with Crippen LogP contribution < -0.4 is 10.6 Å². The predicted octanol–water partition coefficient (Wildman–Crippen LogP) is 4.52. The summed E-state index contributed by atoms with van der Waals surface area (Å²) < 4.78 is 26.2. The number of rotatable bonds is 4. The lowest BCUT2D eigenvalue weighted by molar-refractivity contribution is 0.102. The highest BCUT2D eigenvalue weighted by Gasteiger charge is 2.13. The molecule has 0 bridgehead atoms. The molecule has 0 unspecified atom stereocenters. The van der Waals surface area contributed by atoms with E-state index in [-0.39, 0.29) is 16.9 Å². The normalized spacial score (nSPS) is 10.3. The van der Waals surface area contributed by atoms with Crippen LogP contribution in [0.5, 0.6) is 0 Å². The topological polar surface area (TPSA) is 71.1 Å². The fourth-order valence-electron chi connectivity index (χ4n) is 2.23. The molecule has 0 aliphatic heterocycles. The second-order valence-electron chi connectivity index (χ2n) is 5.48. The Labute approximate surface area is 158 Å². The average Bonchev–Trinajstić information content (AvgIpc) is 2.65. The molecule has 8 heteroatoms. The van der Waals surface area contributed by atoms with Crippen LogP contribution in [0.3, 0.4) is 0 Å². The molecule has 27 heavy (non-hydrogen) atoms. The quantitative estimate of drug-likeness (QED) is 0.691. The molecule has 0 aliphatic carbocycles. The zero-order valence-corrected chi connectivity index (χ0v) is 14.4. The molecule has 2 amide bonds. The SMILES string of the molecule is O=C(Nc1ccc(F)c(F)c1)c1ccnc(C(=O)Nc2cccc(Cl)c2)c1. The number of nitrogens with zero attached hydrogens (tertiary/aromatic N) is 1. The Morgan fingerprint density at radius 1 is 0.852 bits per heavy atom. The van der Waals surface area contributed by atoms with Gasteiger partial charge in [0.05, 0.1) is 0 Å². The zero-order valence-electron chi connectivity index (χ0n) is 13.7. The van der Waals surface area contributed by atoms with E-state index >= 15 is 0 Å². The van der Waals surface area contributed by atoms with Crippen LogP contribution in [0.4, 0.5) is 20.2 Å². The maximum atomic E-state index is 13.2. The van der Waals surface area contributed by atoms with E-state index in [1.54, 1.807) is 24.3 Å². The lowest BCUT2D eigenvalue weighted by atomic mass is 10.2. The summed E-state index contributed by atoms with van der Waals surface area (Å²) in [5, 5.41) is 5.51. The Morgan fingerprint density at radius 3 is 2.33 bits per heavy atom.